The molecular formula is C21H20N4O. The minimum atomic E-state index is -0.0135. The zero-order valence-corrected chi connectivity index (χ0v) is 14.7. The van der Waals surface area contributed by atoms with Crippen molar-refractivity contribution < 1.29 is 4.79 Å². The molecular weight excluding hydrogens is 324 g/mol. The molecule has 0 aliphatic rings. The van der Waals surface area contributed by atoms with Gasteiger partial charge in [-0.1, -0.05) is 42.5 Å². The summed E-state index contributed by atoms with van der Waals surface area (Å²) in [4.78, 5) is 14.7. The Morgan fingerprint density at radius 1 is 1.12 bits per heavy atom. The highest BCUT2D eigenvalue weighted by Crippen LogP contribution is 2.23. The van der Waals surface area contributed by atoms with Crippen molar-refractivity contribution in [3.8, 4) is 6.07 Å². The van der Waals surface area contributed by atoms with E-state index in [2.05, 4.69) is 11.2 Å². The van der Waals surface area contributed by atoms with Crippen LogP contribution in [0.2, 0.25) is 0 Å². The third-order valence-electron chi connectivity index (χ3n) is 4.19. The molecule has 5 nitrogen and oxygen atoms in total. The Morgan fingerprint density at radius 2 is 1.85 bits per heavy atom. The van der Waals surface area contributed by atoms with Crippen molar-refractivity contribution in [3.63, 3.8) is 0 Å². The van der Waals surface area contributed by atoms with E-state index in [1.165, 1.54) is 0 Å². The molecule has 0 fully saturated rings. The van der Waals surface area contributed by atoms with E-state index >= 15 is 0 Å². The van der Waals surface area contributed by atoms with Crippen molar-refractivity contribution in [2.24, 2.45) is 7.05 Å². The molecule has 1 heterocycles. The van der Waals surface area contributed by atoms with Gasteiger partial charge in [-0.2, -0.15) is 10.4 Å². The van der Waals surface area contributed by atoms with E-state index in [-0.39, 0.29) is 5.91 Å². The summed E-state index contributed by atoms with van der Waals surface area (Å²) in [6.45, 7) is 0.436. The molecule has 2 aromatic carbocycles. The van der Waals surface area contributed by atoms with Crippen molar-refractivity contribution in [2.45, 2.75) is 19.4 Å². The summed E-state index contributed by atoms with van der Waals surface area (Å²) in [6, 6.07) is 19.2. The smallest absolute Gasteiger partial charge is 0.227 e. The second-order valence-corrected chi connectivity index (χ2v) is 6.12. The van der Waals surface area contributed by atoms with Gasteiger partial charge < -0.3 is 4.90 Å². The van der Waals surface area contributed by atoms with Gasteiger partial charge >= 0.3 is 0 Å². The van der Waals surface area contributed by atoms with E-state index in [4.69, 9.17) is 0 Å². The van der Waals surface area contributed by atoms with Crippen LogP contribution in [0.5, 0.6) is 0 Å². The standard InChI is InChI=1S/C21H20N4O/c1-24-15-18(14-23-24)11-12-21(26)25(16-17-7-3-2-4-8-17)20-10-6-5-9-19(20)13-22/h2-10,14-15H,11-12,16H2,1H3. The maximum Gasteiger partial charge on any atom is 0.227 e. The maximum atomic E-state index is 13.0. The fourth-order valence-electron chi connectivity index (χ4n) is 2.86. The number of carbonyl (C=O) groups is 1. The minimum absolute atomic E-state index is 0.0135. The average molecular weight is 344 g/mol. The van der Waals surface area contributed by atoms with Crippen molar-refractivity contribution in [1.29, 1.82) is 5.26 Å². The van der Waals surface area contributed by atoms with E-state index in [0.717, 1.165) is 11.1 Å². The van der Waals surface area contributed by atoms with Gasteiger partial charge in [-0.05, 0) is 29.7 Å². The maximum absolute atomic E-state index is 13.0. The highest BCUT2D eigenvalue weighted by molar-refractivity contribution is 5.94. The van der Waals surface area contributed by atoms with E-state index in [1.54, 1.807) is 21.8 Å². The van der Waals surface area contributed by atoms with Crippen molar-refractivity contribution >= 4 is 11.6 Å². The van der Waals surface area contributed by atoms with E-state index in [0.29, 0.717) is 30.6 Å². The lowest BCUT2D eigenvalue weighted by molar-refractivity contribution is -0.118. The first-order valence-corrected chi connectivity index (χ1v) is 8.48. The van der Waals surface area contributed by atoms with Crippen LogP contribution < -0.4 is 4.90 Å². The monoisotopic (exact) mass is 344 g/mol. The highest BCUT2D eigenvalue weighted by Gasteiger charge is 2.19. The average Bonchev–Trinajstić information content (AvgIpc) is 3.10. The van der Waals surface area contributed by atoms with Gasteiger partial charge in [-0.3, -0.25) is 9.48 Å². The SMILES string of the molecule is Cn1cc(CCC(=O)N(Cc2ccccc2)c2ccccc2C#N)cn1. The summed E-state index contributed by atoms with van der Waals surface area (Å²) in [6.07, 6.45) is 4.67. The summed E-state index contributed by atoms with van der Waals surface area (Å²) in [7, 11) is 1.86. The van der Waals surface area contributed by atoms with Crippen LogP contribution >= 0.6 is 0 Å². The van der Waals surface area contributed by atoms with Crippen molar-refractivity contribution in [3.05, 3.63) is 83.7 Å². The molecule has 1 aromatic heterocycles. The van der Waals surface area contributed by atoms with Crippen molar-refractivity contribution in [2.75, 3.05) is 4.90 Å². The summed E-state index contributed by atoms with van der Waals surface area (Å²) in [5.74, 6) is -0.0135. The van der Waals surface area contributed by atoms with E-state index in [9.17, 15) is 10.1 Å². The van der Waals surface area contributed by atoms with Crippen LogP contribution in [0.25, 0.3) is 0 Å². The van der Waals surface area contributed by atoms with Crippen molar-refractivity contribution in [1.82, 2.24) is 9.78 Å². The number of rotatable bonds is 6. The molecule has 0 aliphatic heterocycles. The van der Waals surface area contributed by atoms with Crippen LogP contribution in [0.3, 0.4) is 0 Å². The van der Waals surface area contributed by atoms with Gasteiger partial charge in [0, 0.05) is 19.7 Å². The van der Waals surface area contributed by atoms with Crippen LogP contribution in [0.15, 0.2) is 67.0 Å². The Balaban J connectivity index is 1.84. The topological polar surface area (TPSA) is 61.9 Å². The molecule has 0 atom stereocenters. The predicted molar refractivity (Wildman–Crippen MR) is 100 cm³/mol. The molecule has 0 radical (unpaired) electrons. The molecule has 0 aliphatic carbocycles. The normalized spacial score (nSPS) is 10.3. The van der Waals surface area contributed by atoms with Gasteiger partial charge in [0.15, 0.2) is 0 Å². The Labute approximate surface area is 153 Å². The van der Waals surface area contributed by atoms with Gasteiger partial charge in [0.25, 0.3) is 0 Å². The summed E-state index contributed by atoms with van der Waals surface area (Å²) in [5, 5.41) is 13.6. The lowest BCUT2D eigenvalue weighted by atomic mass is 10.1. The van der Waals surface area contributed by atoms with E-state index < -0.39 is 0 Å². The quantitative estimate of drug-likeness (QED) is 0.688. The second kappa shape index (κ2) is 8.13. The Kier molecular flexibility index (Phi) is 5.45. The molecule has 0 saturated carbocycles. The molecule has 5 heteroatoms. The van der Waals surface area contributed by atoms with Gasteiger partial charge in [0.1, 0.15) is 6.07 Å². The highest BCUT2D eigenvalue weighted by atomic mass is 16.2. The number of hydrogen-bond donors (Lipinski definition) is 0. The lowest BCUT2D eigenvalue weighted by Gasteiger charge is -2.24. The Morgan fingerprint density at radius 3 is 2.54 bits per heavy atom. The number of amides is 1. The summed E-state index contributed by atoms with van der Waals surface area (Å²) >= 11 is 0. The van der Waals surface area contributed by atoms with Crippen LogP contribution in [0.4, 0.5) is 5.69 Å². The number of hydrogen-bond acceptors (Lipinski definition) is 3. The number of para-hydroxylation sites is 1. The third-order valence-corrected chi connectivity index (χ3v) is 4.19. The number of carbonyl (C=O) groups excluding carboxylic acids is 1. The van der Waals surface area contributed by atoms with E-state index in [1.807, 2.05) is 61.8 Å². The Hall–Kier alpha value is -3.39. The number of anilines is 1. The number of nitriles is 1. The number of nitrogens with zero attached hydrogens (tertiary/aromatic N) is 4. The largest absolute Gasteiger partial charge is 0.307 e. The van der Waals surface area contributed by atoms with Crippen LogP contribution in [-0.2, 0) is 24.8 Å². The molecule has 130 valence electrons. The lowest BCUT2D eigenvalue weighted by Crippen LogP contribution is -2.31. The first-order valence-electron chi connectivity index (χ1n) is 8.48. The van der Waals surface area contributed by atoms with Gasteiger partial charge in [-0.15, -0.1) is 0 Å². The second-order valence-electron chi connectivity index (χ2n) is 6.12. The summed E-state index contributed by atoms with van der Waals surface area (Å²) < 4.78 is 1.73. The van der Waals surface area contributed by atoms with Crippen LogP contribution in [-0.4, -0.2) is 15.7 Å². The molecule has 0 spiro atoms. The van der Waals surface area contributed by atoms with Gasteiger partial charge in [-0.25, -0.2) is 0 Å². The number of aromatic nitrogens is 2. The molecule has 3 rings (SSSR count). The zero-order valence-electron chi connectivity index (χ0n) is 14.7. The molecule has 26 heavy (non-hydrogen) atoms. The van der Waals surface area contributed by atoms with Crippen LogP contribution in [0.1, 0.15) is 23.1 Å². The Bertz CT molecular complexity index is 924. The molecule has 1 amide bonds. The zero-order chi connectivity index (χ0) is 18.4. The fraction of sp³-hybridized carbons (Fsp3) is 0.190. The number of benzene rings is 2. The predicted octanol–water partition coefficient (Wildman–Crippen LogP) is 3.46. The fourth-order valence-corrected chi connectivity index (χ4v) is 2.86. The molecule has 0 N–H and O–H groups in total. The molecule has 3 aromatic rings. The summed E-state index contributed by atoms with van der Waals surface area (Å²) in [5.41, 5.74) is 3.19. The molecule has 0 unspecified atom stereocenters. The van der Waals surface area contributed by atoms with Gasteiger partial charge in [0.2, 0.25) is 5.91 Å². The molecule has 0 bridgehead atoms. The first-order chi connectivity index (χ1) is 12.7. The number of aryl methyl sites for hydroxylation is 2. The molecule has 0 saturated heterocycles. The third kappa shape index (κ3) is 4.17. The van der Waals surface area contributed by atoms with Crippen LogP contribution in [0, 0.1) is 11.3 Å². The minimum Gasteiger partial charge on any atom is -0.307 e. The van der Waals surface area contributed by atoms with Gasteiger partial charge in [0.05, 0.1) is 24.0 Å². The first kappa shape index (κ1) is 17.4.